The van der Waals surface area contributed by atoms with E-state index in [2.05, 4.69) is 19.2 Å². The Morgan fingerprint density at radius 3 is 2.23 bits per heavy atom. The van der Waals surface area contributed by atoms with Crippen LogP contribution < -0.4 is 10.1 Å². The van der Waals surface area contributed by atoms with Crippen LogP contribution in [0.5, 0.6) is 5.75 Å². The van der Waals surface area contributed by atoms with Crippen LogP contribution in [-0.2, 0) is 13.2 Å². The summed E-state index contributed by atoms with van der Waals surface area (Å²) in [7, 11) is 0. The van der Waals surface area contributed by atoms with Gasteiger partial charge in [-0.05, 0) is 85.6 Å². The molecule has 1 N–H and O–H groups in total. The van der Waals surface area contributed by atoms with E-state index in [4.69, 9.17) is 39.5 Å². The molecule has 2 aromatic rings. The predicted molar refractivity (Wildman–Crippen MR) is 129 cm³/mol. The van der Waals surface area contributed by atoms with Crippen LogP contribution in [0, 0.1) is 16.7 Å². The number of hydrogen-bond acceptors (Lipinski definition) is 2. The van der Waals surface area contributed by atoms with Gasteiger partial charge in [0.05, 0.1) is 0 Å². The highest BCUT2D eigenvalue weighted by atomic mass is 35.5. The highest BCUT2D eigenvalue weighted by Crippen LogP contribution is 2.66. The molecule has 4 saturated carbocycles. The van der Waals surface area contributed by atoms with Gasteiger partial charge < -0.3 is 10.1 Å². The molecule has 0 heterocycles. The fraction of sp³-hybridized carbons (Fsp3) is 0.538. The molecule has 2 atom stereocenters. The minimum atomic E-state index is 0.238. The molecule has 31 heavy (non-hydrogen) atoms. The van der Waals surface area contributed by atoms with Gasteiger partial charge in [0.25, 0.3) is 0 Å². The summed E-state index contributed by atoms with van der Waals surface area (Å²) in [5, 5.41) is 5.98. The molecule has 4 aliphatic rings. The van der Waals surface area contributed by atoms with Crippen molar-refractivity contribution in [2.24, 2.45) is 16.7 Å². The molecule has 2 aromatic carbocycles. The fourth-order valence-corrected chi connectivity index (χ4v) is 8.21. The lowest BCUT2D eigenvalue weighted by molar-refractivity contribution is -0.118. The van der Waals surface area contributed by atoms with Crippen molar-refractivity contribution in [1.29, 1.82) is 0 Å². The zero-order valence-corrected chi connectivity index (χ0v) is 20.5. The molecule has 0 spiro atoms. The summed E-state index contributed by atoms with van der Waals surface area (Å²) in [6, 6.07) is 11.4. The summed E-state index contributed by atoms with van der Waals surface area (Å²) in [6.07, 6.45) is 8.05. The van der Waals surface area contributed by atoms with Gasteiger partial charge in [-0.3, -0.25) is 0 Å². The van der Waals surface area contributed by atoms with Crippen LogP contribution in [0.2, 0.25) is 15.1 Å². The third-order valence-electron chi connectivity index (χ3n) is 7.70. The summed E-state index contributed by atoms with van der Waals surface area (Å²) in [5.74, 6) is 1.71. The van der Waals surface area contributed by atoms with Crippen molar-refractivity contribution in [3.8, 4) is 5.75 Å². The second kappa shape index (κ2) is 7.83. The molecule has 4 bridgehead atoms. The molecular weight excluding hydrogens is 449 g/mol. The van der Waals surface area contributed by atoms with E-state index in [1.807, 2.05) is 30.3 Å². The first-order valence-electron chi connectivity index (χ1n) is 11.3. The molecule has 0 saturated heterocycles. The Morgan fingerprint density at radius 2 is 1.55 bits per heavy atom. The quantitative estimate of drug-likeness (QED) is 0.453. The van der Waals surface area contributed by atoms with Gasteiger partial charge in [-0.25, -0.2) is 0 Å². The van der Waals surface area contributed by atoms with Gasteiger partial charge in [-0.15, -0.1) is 0 Å². The minimum absolute atomic E-state index is 0.238. The Kier molecular flexibility index (Phi) is 5.53. The van der Waals surface area contributed by atoms with E-state index in [1.54, 1.807) is 6.07 Å². The second-order valence-electron chi connectivity index (χ2n) is 11.0. The molecule has 5 heteroatoms. The SMILES string of the molecule is CC12CC3CC(C)(C1)CC(NCc1cc(Cl)ccc1OCc1ccc(Cl)cc1Cl)(C3)C2. The third-order valence-corrected chi connectivity index (χ3v) is 8.52. The number of benzene rings is 2. The van der Waals surface area contributed by atoms with E-state index in [0.29, 0.717) is 27.5 Å². The van der Waals surface area contributed by atoms with Crippen molar-refractivity contribution < 1.29 is 4.74 Å². The van der Waals surface area contributed by atoms with E-state index in [-0.39, 0.29) is 5.54 Å². The second-order valence-corrected chi connectivity index (χ2v) is 12.3. The van der Waals surface area contributed by atoms with E-state index in [1.165, 1.54) is 38.5 Å². The first-order chi connectivity index (χ1) is 14.6. The van der Waals surface area contributed by atoms with Gasteiger partial charge in [-0.2, -0.15) is 0 Å². The molecule has 4 aliphatic carbocycles. The van der Waals surface area contributed by atoms with Gasteiger partial charge in [0.1, 0.15) is 12.4 Å². The first kappa shape index (κ1) is 21.9. The Morgan fingerprint density at radius 1 is 0.871 bits per heavy atom. The van der Waals surface area contributed by atoms with Crippen LogP contribution in [0.4, 0.5) is 0 Å². The Labute approximate surface area is 200 Å². The Bertz CT molecular complexity index is 988. The van der Waals surface area contributed by atoms with Crippen LogP contribution in [0.3, 0.4) is 0 Å². The largest absolute Gasteiger partial charge is 0.489 e. The average Bonchev–Trinajstić information content (AvgIpc) is 2.64. The maximum atomic E-state index is 6.36. The number of halogens is 3. The summed E-state index contributed by atoms with van der Waals surface area (Å²) in [6.45, 7) is 6.18. The van der Waals surface area contributed by atoms with E-state index < -0.39 is 0 Å². The number of hydrogen-bond donors (Lipinski definition) is 1. The lowest BCUT2D eigenvalue weighted by atomic mass is 9.43. The summed E-state index contributed by atoms with van der Waals surface area (Å²) in [5.41, 5.74) is 3.23. The van der Waals surface area contributed by atoms with Gasteiger partial charge in [0.15, 0.2) is 0 Å². The maximum Gasteiger partial charge on any atom is 0.124 e. The lowest BCUT2D eigenvalue weighted by Crippen LogP contribution is -2.63. The molecule has 2 nitrogen and oxygen atoms in total. The van der Waals surface area contributed by atoms with E-state index in [0.717, 1.165) is 34.4 Å². The monoisotopic (exact) mass is 477 g/mol. The molecular formula is C26H30Cl3NO. The lowest BCUT2D eigenvalue weighted by Gasteiger charge is -2.65. The van der Waals surface area contributed by atoms with Gasteiger partial charge >= 0.3 is 0 Å². The van der Waals surface area contributed by atoms with Crippen molar-refractivity contribution in [1.82, 2.24) is 5.32 Å². The number of nitrogens with one attached hydrogen (secondary N) is 1. The molecule has 0 aliphatic heterocycles. The zero-order valence-electron chi connectivity index (χ0n) is 18.2. The van der Waals surface area contributed by atoms with Crippen molar-refractivity contribution in [3.05, 3.63) is 62.6 Å². The van der Waals surface area contributed by atoms with Crippen molar-refractivity contribution in [2.75, 3.05) is 0 Å². The smallest absolute Gasteiger partial charge is 0.124 e. The normalized spacial score (nSPS) is 33.6. The molecule has 0 aromatic heterocycles. The van der Waals surface area contributed by atoms with Crippen LogP contribution in [0.15, 0.2) is 36.4 Å². The molecule has 0 radical (unpaired) electrons. The van der Waals surface area contributed by atoms with Crippen molar-refractivity contribution >= 4 is 34.8 Å². The summed E-state index contributed by atoms with van der Waals surface area (Å²) in [4.78, 5) is 0. The maximum absolute atomic E-state index is 6.36. The molecule has 0 amide bonds. The van der Waals surface area contributed by atoms with Crippen LogP contribution in [0.25, 0.3) is 0 Å². The van der Waals surface area contributed by atoms with Gasteiger partial charge in [-0.1, -0.05) is 54.7 Å². The van der Waals surface area contributed by atoms with E-state index >= 15 is 0 Å². The number of ether oxygens (including phenoxy) is 1. The Hall–Kier alpha value is -0.930. The molecule has 6 rings (SSSR count). The highest BCUT2D eigenvalue weighted by molar-refractivity contribution is 6.35. The molecule has 2 unspecified atom stereocenters. The molecule has 166 valence electrons. The van der Waals surface area contributed by atoms with Crippen LogP contribution in [-0.4, -0.2) is 5.54 Å². The standard InChI is InChI=1S/C26H30Cl3NO/c1-24-9-17-10-25(2,14-24)16-26(11-17,15-24)30-12-19-7-20(27)5-6-23(19)31-13-18-3-4-21(28)8-22(18)29/h3-8,17,30H,9-16H2,1-2H3. The van der Waals surface area contributed by atoms with Crippen LogP contribution in [0.1, 0.15) is 63.5 Å². The Balaban J connectivity index is 1.32. The minimum Gasteiger partial charge on any atom is -0.489 e. The van der Waals surface area contributed by atoms with E-state index in [9.17, 15) is 0 Å². The topological polar surface area (TPSA) is 21.3 Å². The fourth-order valence-electron chi connectivity index (χ4n) is 7.55. The van der Waals surface area contributed by atoms with Gasteiger partial charge in [0, 0.05) is 38.3 Å². The average molecular weight is 479 g/mol. The van der Waals surface area contributed by atoms with Crippen molar-refractivity contribution in [3.63, 3.8) is 0 Å². The van der Waals surface area contributed by atoms with Crippen LogP contribution >= 0.6 is 34.8 Å². The third kappa shape index (κ3) is 4.47. The first-order valence-corrected chi connectivity index (χ1v) is 12.4. The van der Waals surface area contributed by atoms with Gasteiger partial charge in [0.2, 0.25) is 0 Å². The number of rotatable bonds is 6. The summed E-state index contributed by atoms with van der Waals surface area (Å²) >= 11 is 18.7. The van der Waals surface area contributed by atoms with Crippen molar-refractivity contribution in [2.45, 2.75) is 71.1 Å². The predicted octanol–water partition coefficient (Wildman–Crippen LogP) is 8.06. The highest BCUT2D eigenvalue weighted by Gasteiger charge is 2.59. The molecule has 4 fully saturated rings. The summed E-state index contributed by atoms with van der Waals surface area (Å²) < 4.78 is 6.18. The zero-order chi connectivity index (χ0) is 21.9.